The highest BCUT2D eigenvalue weighted by atomic mass is 16.5. The molecule has 4 nitrogen and oxygen atoms in total. The second kappa shape index (κ2) is 7.63. The fourth-order valence-corrected chi connectivity index (χ4v) is 2.38. The van der Waals surface area contributed by atoms with Crippen molar-refractivity contribution in [3.05, 3.63) is 47.5 Å². The van der Waals surface area contributed by atoms with E-state index in [2.05, 4.69) is 23.0 Å². The van der Waals surface area contributed by atoms with Gasteiger partial charge < -0.3 is 10.5 Å². The van der Waals surface area contributed by atoms with Gasteiger partial charge in [-0.15, -0.1) is 6.42 Å². The third-order valence-corrected chi connectivity index (χ3v) is 3.51. The van der Waals surface area contributed by atoms with Gasteiger partial charge in [0.05, 0.1) is 5.56 Å². The van der Waals surface area contributed by atoms with Crippen molar-refractivity contribution in [2.45, 2.75) is 19.0 Å². The fraction of sp³-hybridized carbons (Fsp3) is 0.353. The molecule has 4 heteroatoms. The van der Waals surface area contributed by atoms with Gasteiger partial charge in [0.1, 0.15) is 0 Å². The lowest BCUT2D eigenvalue weighted by atomic mass is 10.1. The van der Waals surface area contributed by atoms with Crippen molar-refractivity contribution >= 4 is 5.97 Å². The molecule has 0 saturated heterocycles. The molecule has 1 aromatic rings. The minimum atomic E-state index is -0.389. The lowest BCUT2D eigenvalue weighted by Crippen LogP contribution is -2.41. The second-order valence-corrected chi connectivity index (χ2v) is 4.97. The molecule has 0 amide bonds. The average Bonchev–Trinajstić information content (AvgIpc) is 2.54. The monoisotopic (exact) mass is 284 g/mol. The number of esters is 1. The summed E-state index contributed by atoms with van der Waals surface area (Å²) in [6.07, 6.45) is 10.5. The van der Waals surface area contributed by atoms with Gasteiger partial charge in [0.2, 0.25) is 0 Å². The van der Waals surface area contributed by atoms with Crippen LogP contribution in [0.2, 0.25) is 0 Å². The van der Waals surface area contributed by atoms with E-state index in [9.17, 15) is 4.79 Å². The first-order valence-electron chi connectivity index (χ1n) is 7.05. The van der Waals surface area contributed by atoms with Crippen LogP contribution in [0.25, 0.3) is 0 Å². The Morgan fingerprint density at radius 3 is 2.86 bits per heavy atom. The number of rotatable bonds is 5. The molecular formula is C17H20N2O2. The normalized spacial score (nSPS) is 18.2. The van der Waals surface area contributed by atoms with Crippen LogP contribution in [-0.2, 0) is 11.3 Å². The van der Waals surface area contributed by atoms with Gasteiger partial charge in [0.15, 0.2) is 6.61 Å². The Balaban J connectivity index is 1.98. The molecule has 0 aliphatic carbocycles. The molecule has 1 heterocycles. The molecule has 21 heavy (non-hydrogen) atoms. The van der Waals surface area contributed by atoms with Gasteiger partial charge in [-0.25, -0.2) is 4.79 Å². The number of ether oxygens (including phenoxy) is 1. The zero-order valence-corrected chi connectivity index (χ0v) is 12.0. The van der Waals surface area contributed by atoms with Crippen LogP contribution in [-0.4, -0.2) is 36.6 Å². The number of carbonyl (C=O) groups excluding carboxylic acids is 1. The van der Waals surface area contributed by atoms with Crippen LogP contribution in [0.4, 0.5) is 0 Å². The van der Waals surface area contributed by atoms with E-state index in [1.165, 1.54) is 0 Å². The molecule has 1 atom stereocenters. The molecule has 1 aromatic carbocycles. The van der Waals surface area contributed by atoms with Crippen LogP contribution in [0.3, 0.4) is 0 Å². The van der Waals surface area contributed by atoms with Crippen LogP contribution in [0.1, 0.15) is 22.3 Å². The summed E-state index contributed by atoms with van der Waals surface area (Å²) in [7, 11) is 0. The SMILES string of the molecule is C#CCOC(=O)c1ccc(CN2CCC=CC2CN)cc1. The van der Waals surface area contributed by atoms with Crippen LogP contribution in [0, 0.1) is 12.3 Å². The summed E-state index contributed by atoms with van der Waals surface area (Å²) >= 11 is 0. The van der Waals surface area contributed by atoms with Crippen LogP contribution in [0.15, 0.2) is 36.4 Å². The average molecular weight is 284 g/mol. The Morgan fingerprint density at radius 1 is 1.43 bits per heavy atom. The van der Waals surface area contributed by atoms with Crippen molar-refractivity contribution in [2.24, 2.45) is 5.73 Å². The Hall–Kier alpha value is -2.09. The molecule has 1 aliphatic rings. The molecule has 2 N–H and O–H groups in total. The summed E-state index contributed by atoms with van der Waals surface area (Å²) < 4.78 is 4.89. The summed E-state index contributed by atoms with van der Waals surface area (Å²) in [5, 5.41) is 0. The topological polar surface area (TPSA) is 55.6 Å². The lowest BCUT2D eigenvalue weighted by Gasteiger charge is -2.31. The maximum Gasteiger partial charge on any atom is 0.339 e. The Kier molecular flexibility index (Phi) is 5.56. The van der Waals surface area contributed by atoms with E-state index in [1.807, 2.05) is 12.1 Å². The van der Waals surface area contributed by atoms with Gasteiger partial charge in [-0.3, -0.25) is 4.90 Å². The summed E-state index contributed by atoms with van der Waals surface area (Å²) in [5.74, 6) is 1.89. The first-order chi connectivity index (χ1) is 10.2. The van der Waals surface area contributed by atoms with Gasteiger partial charge in [-0.1, -0.05) is 30.2 Å². The molecule has 1 aliphatic heterocycles. The predicted molar refractivity (Wildman–Crippen MR) is 82.6 cm³/mol. The molecule has 0 bridgehead atoms. The van der Waals surface area contributed by atoms with Crippen LogP contribution < -0.4 is 5.73 Å². The zero-order valence-electron chi connectivity index (χ0n) is 12.0. The van der Waals surface area contributed by atoms with Gasteiger partial charge in [-0.05, 0) is 24.1 Å². The van der Waals surface area contributed by atoms with E-state index in [0.29, 0.717) is 18.2 Å². The summed E-state index contributed by atoms with van der Waals surface area (Å²) in [6.45, 7) is 2.45. The van der Waals surface area contributed by atoms with Crippen molar-refractivity contribution in [1.29, 1.82) is 0 Å². The standard InChI is InChI=1S/C17H20N2O2/c1-2-11-21-17(20)15-8-6-14(7-9-15)13-19-10-4-3-5-16(19)12-18/h1,3,5-9,16H,4,10-13,18H2. The predicted octanol–water partition coefficient (Wildman–Crippen LogP) is 1.57. The third-order valence-electron chi connectivity index (χ3n) is 3.51. The summed E-state index contributed by atoms with van der Waals surface area (Å²) in [5.41, 5.74) is 7.45. The van der Waals surface area contributed by atoms with Crippen molar-refractivity contribution in [3.8, 4) is 12.3 Å². The highest BCUT2D eigenvalue weighted by Crippen LogP contribution is 2.15. The van der Waals surface area contributed by atoms with E-state index in [1.54, 1.807) is 12.1 Å². The van der Waals surface area contributed by atoms with Gasteiger partial charge >= 0.3 is 5.97 Å². The van der Waals surface area contributed by atoms with Crippen molar-refractivity contribution in [1.82, 2.24) is 4.90 Å². The molecule has 0 radical (unpaired) electrons. The Morgan fingerprint density at radius 2 is 2.19 bits per heavy atom. The molecule has 2 rings (SSSR count). The quantitative estimate of drug-likeness (QED) is 0.506. The number of nitrogens with two attached hydrogens (primary N) is 1. The number of terminal acetylenes is 1. The van der Waals surface area contributed by atoms with Gasteiger partial charge in [0, 0.05) is 25.7 Å². The van der Waals surface area contributed by atoms with Gasteiger partial charge in [-0.2, -0.15) is 0 Å². The number of nitrogens with zero attached hydrogens (tertiary/aromatic N) is 1. The second-order valence-electron chi connectivity index (χ2n) is 4.97. The van der Waals surface area contributed by atoms with Gasteiger partial charge in [0.25, 0.3) is 0 Å². The highest BCUT2D eigenvalue weighted by molar-refractivity contribution is 5.89. The maximum atomic E-state index is 11.6. The summed E-state index contributed by atoms with van der Waals surface area (Å²) in [4.78, 5) is 14.0. The van der Waals surface area contributed by atoms with E-state index in [0.717, 1.165) is 25.1 Å². The molecule has 0 fully saturated rings. The molecule has 110 valence electrons. The van der Waals surface area contributed by atoms with E-state index in [-0.39, 0.29) is 12.6 Å². The van der Waals surface area contributed by atoms with Crippen molar-refractivity contribution in [2.75, 3.05) is 19.7 Å². The zero-order chi connectivity index (χ0) is 15.1. The number of hydrogen-bond acceptors (Lipinski definition) is 4. The van der Waals surface area contributed by atoms with Crippen molar-refractivity contribution < 1.29 is 9.53 Å². The third kappa shape index (κ3) is 4.19. The molecule has 0 aromatic heterocycles. The van der Waals surface area contributed by atoms with Crippen molar-refractivity contribution in [3.63, 3.8) is 0 Å². The molecule has 0 saturated carbocycles. The number of carbonyl (C=O) groups is 1. The molecule has 0 spiro atoms. The molecule has 1 unspecified atom stereocenters. The smallest absolute Gasteiger partial charge is 0.339 e. The van der Waals surface area contributed by atoms with Crippen LogP contribution in [0.5, 0.6) is 0 Å². The first-order valence-corrected chi connectivity index (χ1v) is 7.05. The minimum Gasteiger partial charge on any atom is -0.449 e. The lowest BCUT2D eigenvalue weighted by molar-refractivity contribution is 0.0556. The highest BCUT2D eigenvalue weighted by Gasteiger charge is 2.17. The Bertz CT molecular complexity index is 543. The fourth-order valence-electron chi connectivity index (χ4n) is 2.38. The Labute approximate surface area is 125 Å². The van der Waals surface area contributed by atoms with E-state index in [4.69, 9.17) is 16.9 Å². The minimum absolute atomic E-state index is 0.00111. The van der Waals surface area contributed by atoms with E-state index >= 15 is 0 Å². The summed E-state index contributed by atoms with van der Waals surface area (Å²) in [6, 6.07) is 7.71. The molecular weight excluding hydrogens is 264 g/mol. The number of benzene rings is 1. The largest absolute Gasteiger partial charge is 0.449 e. The number of hydrogen-bond donors (Lipinski definition) is 1. The first kappa shape index (κ1) is 15.3. The van der Waals surface area contributed by atoms with Crippen LogP contribution >= 0.6 is 0 Å². The maximum absolute atomic E-state index is 11.6. The van der Waals surface area contributed by atoms with E-state index < -0.39 is 0 Å².